The van der Waals surface area contributed by atoms with Gasteiger partial charge in [-0.25, -0.2) is 8.42 Å². The van der Waals surface area contributed by atoms with Gasteiger partial charge in [0.05, 0.1) is 12.4 Å². The highest BCUT2D eigenvalue weighted by Gasteiger charge is 2.36. The molecule has 0 atom stereocenters. The average Bonchev–Trinajstić information content (AvgIpc) is 3.40. The summed E-state index contributed by atoms with van der Waals surface area (Å²) in [6.45, 7) is 0.287. The fraction of sp³-hybridized carbons (Fsp3) is 0.235. The number of nitrogens with one attached hydrogen (secondary N) is 2. The molecular formula is C17H17N3O3S. The molecule has 0 bridgehead atoms. The lowest BCUT2D eigenvalue weighted by Gasteiger charge is -2.31. The molecule has 2 aromatic rings. The third-order valence-corrected chi connectivity index (χ3v) is 5.68. The first kappa shape index (κ1) is 15.2. The highest BCUT2D eigenvalue weighted by atomic mass is 32.2. The lowest BCUT2D eigenvalue weighted by Crippen LogP contribution is -2.44. The number of anilines is 2. The largest absolute Gasteiger partial charge is 0.354 e. The van der Waals surface area contributed by atoms with Gasteiger partial charge in [-0.3, -0.25) is 4.79 Å². The molecule has 2 aliphatic rings. The van der Waals surface area contributed by atoms with E-state index in [9.17, 15) is 13.2 Å². The van der Waals surface area contributed by atoms with Gasteiger partial charge in [0.1, 0.15) is 4.90 Å². The lowest BCUT2D eigenvalue weighted by molar-refractivity contribution is 0.102. The maximum atomic E-state index is 12.4. The summed E-state index contributed by atoms with van der Waals surface area (Å²) in [5.74, 6) is -0.331. The molecule has 0 unspecified atom stereocenters. The number of nitrogens with zero attached hydrogens (tertiary/aromatic N) is 1. The number of amides is 1. The molecule has 1 heterocycles. The second-order valence-electron chi connectivity index (χ2n) is 6.01. The number of para-hydroxylation sites is 1. The van der Waals surface area contributed by atoms with Crippen LogP contribution in [0.25, 0.3) is 0 Å². The molecule has 7 heteroatoms. The molecule has 1 amide bonds. The van der Waals surface area contributed by atoms with Gasteiger partial charge in [0.2, 0.25) is 10.0 Å². The van der Waals surface area contributed by atoms with E-state index in [0.29, 0.717) is 23.0 Å². The number of rotatable bonds is 3. The molecule has 4 rings (SSSR count). The summed E-state index contributed by atoms with van der Waals surface area (Å²) in [4.78, 5) is 14.6. The van der Waals surface area contributed by atoms with Gasteiger partial charge >= 0.3 is 0 Å². The minimum absolute atomic E-state index is 0.168. The summed E-state index contributed by atoms with van der Waals surface area (Å²) in [5.41, 5.74) is 1.66. The van der Waals surface area contributed by atoms with E-state index >= 15 is 0 Å². The normalized spacial score (nSPS) is 18.8. The second-order valence-corrected chi connectivity index (χ2v) is 7.74. The molecular weight excluding hydrogens is 326 g/mol. The molecule has 1 fully saturated rings. The maximum Gasteiger partial charge on any atom is 0.255 e. The van der Waals surface area contributed by atoms with Crippen LogP contribution in [-0.2, 0) is 10.0 Å². The van der Waals surface area contributed by atoms with Crippen molar-refractivity contribution in [3.8, 4) is 0 Å². The van der Waals surface area contributed by atoms with Gasteiger partial charge in [-0.1, -0.05) is 18.2 Å². The van der Waals surface area contributed by atoms with E-state index in [1.54, 1.807) is 24.3 Å². The monoisotopic (exact) mass is 343 g/mol. The topological polar surface area (TPSA) is 78.5 Å². The Morgan fingerprint density at radius 1 is 1.12 bits per heavy atom. The maximum absolute atomic E-state index is 12.4. The Bertz CT molecular complexity index is 893. The molecule has 1 aliphatic carbocycles. The van der Waals surface area contributed by atoms with Crippen LogP contribution in [0.4, 0.5) is 11.4 Å². The average molecular weight is 343 g/mol. The molecule has 2 N–H and O–H groups in total. The number of fused-ring (bicyclic) bond motifs is 1. The van der Waals surface area contributed by atoms with Crippen molar-refractivity contribution >= 4 is 27.3 Å². The number of carbonyl (C=O) groups excluding carboxylic acids is 1. The Balaban J connectivity index is 1.67. The summed E-state index contributed by atoms with van der Waals surface area (Å²) in [6.07, 6.45) is 2.13. The van der Waals surface area contributed by atoms with Crippen LogP contribution < -0.4 is 14.9 Å². The highest BCUT2D eigenvalue weighted by Crippen LogP contribution is 2.37. The van der Waals surface area contributed by atoms with Crippen molar-refractivity contribution < 1.29 is 13.2 Å². The number of sulfonamides is 1. The van der Waals surface area contributed by atoms with Crippen molar-refractivity contribution in [3.63, 3.8) is 0 Å². The van der Waals surface area contributed by atoms with E-state index in [0.717, 1.165) is 12.8 Å². The SMILES string of the molecule is O=C(Nc1ccccc1)c1ccc2c(c1)S(=O)(=O)NCN2C1CC1. The Hall–Kier alpha value is -2.38. The minimum Gasteiger partial charge on any atom is -0.354 e. The first-order valence-corrected chi connectivity index (χ1v) is 9.30. The highest BCUT2D eigenvalue weighted by molar-refractivity contribution is 7.89. The van der Waals surface area contributed by atoms with Gasteiger partial charge in [0.25, 0.3) is 5.91 Å². The van der Waals surface area contributed by atoms with Crippen molar-refractivity contribution in [1.82, 2.24) is 4.72 Å². The third-order valence-electron chi connectivity index (χ3n) is 4.27. The molecule has 0 saturated heterocycles. The minimum atomic E-state index is -3.58. The van der Waals surface area contributed by atoms with Gasteiger partial charge in [-0.15, -0.1) is 0 Å². The number of hydrogen-bond donors (Lipinski definition) is 2. The number of carbonyl (C=O) groups is 1. The summed E-state index contributed by atoms with van der Waals surface area (Å²) in [7, 11) is -3.58. The summed E-state index contributed by atoms with van der Waals surface area (Å²) >= 11 is 0. The fourth-order valence-corrected chi connectivity index (χ4v) is 4.07. The van der Waals surface area contributed by atoms with Gasteiger partial charge in [0, 0.05) is 17.3 Å². The number of benzene rings is 2. The predicted octanol–water partition coefficient (Wildman–Crippen LogP) is 2.16. The third kappa shape index (κ3) is 2.76. The van der Waals surface area contributed by atoms with Gasteiger partial charge in [-0.2, -0.15) is 4.72 Å². The lowest BCUT2D eigenvalue weighted by atomic mass is 10.1. The molecule has 124 valence electrons. The van der Waals surface area contributed by atoms with Gasteiger partial charge < -0.3 is 10.2 Å². The summed E-state index contributed by atoms with van der Waals surface area (Å²) in [6, 6.07) is 14.3. The van der Waals surface area contributed by atoms with Crippen LogP contribution in [-0.4, -0.2) is 27.0 Å². The molecule has 0 spiro atoms. The molecule has 2 aromatic carbocycles. The zero-order chi connectivity index (χ0) is 16.7. The molecule has 1 saturated carbocycles. The first-order valence-electron chi connectivity index (χ1n) is 7.81. The number of hydrogen-bond acceptors (Lipinski definition) is 4. The quantitative estimate of drug-likeness (QED) is 0.895. The van der Waals surface area contributed by atoms with Gasteiger partial charge in [0.15, 0.2) is 0 Å². The Morgan fingerprint density at radius 2 is 1.88 bits per heavy atom. The predicted molar refractivity (Wildman–Crippen MR) is 91.5 cm³/mol. The van der Waals surface area contributed by atoms with Crippen LogP contribution in [0.3, 0.4) is 0 Å². The van der Waals surface area contributed by atoms with Crippen molar-refractivity contribution in [2.24, 2.45) is 0 Å². The van der Waals surface area contributed by atoms with Crippen LogP contribution in [0.5, 0.6) is 0 Å². The summed E-state index contributed by atoms with van der Waals surface area (Å²) in [5, 5.41) is 2.77. The van der Waals surface area contributed by atoms with Crippen molar-refractivity contribution in [2.75, 3.05) is 16.9 Å². The van der Waals surface area contributed by atoms with Crippen molar-refractivity contribution in [1.29, 1.82) is 0 Å². The molecule has 0 aromatic heterocycles. The molecule has 0 radical (unpaired) electrons. The van der Waals surface area contributed by atoms with Crippen LogP contribution in [0.1, 0.15) is 23.2 Å². The molecule has 6 nitrogen and oxygen atoms in total. The van der Waals surface area contributed by atoms with Crippen LogP contribution >= 0.6 is 0 Å². The smallest absolute Gasteiger partial charge is 0.255 e. The van der Waals surface area contributed by atoms with Gasteiger partial charge in [-0.05, 0) is 43.2 Å². The second kappa shape index (κ2) is 5.61. The Labute approximate surface area is 140 Å². The first-order chi connectivity index (χ1) is 11.5. The van der Waals surface area contributed by atoms with E-state index in [1.165, 1.54) is 6.07 Å². The van der Waals surface area contributed by atoms with E-state index < -0.39 is 10.0 Å². The van der Waals surface area contributed by atoms with E-state index in [2.05, 4.69) is 14.9 Å². The van der Waals surface area contributed by atoms with Crippen molar-refractivity contribution in [3.05, 3.63) is 54.1 Å². The fourth-order valence-electron chi connectivity index (χ4n) is 2.86. The Morgan fingerprint density at radius 3 is 2.58 bits per heavy atom. The van der Waals surface area contributed by atoms with E-state index in [-0.39, 0.29) is 17.5 Å². The zero-order valence-electron chi connectivity index (χ0n) is 12.9. The van der Waals surface area contributed by atoms with E-state index in [1.807, 2.05) is 18.2 Å². The van der Waals surface area contributed by atoms with Crippen LogP contribution in [0.2, 0.25) is 0 Å². The molecule has 24 heavy (non-hydrogen) atoms. The Kier molecular flexibility index (Phi) is 3.54. The van der Waals surface area contributed by atoms with E-state index in [4.69, 9.17) is 0 Å². The summed E-state index contributed by atoms with van der Waals surface area (Å²) < 4.78 is 27.2. The van der Waals surface area contributed by atoms with Crippen LogP contribution in [0, 0.1) is 0 Å². The molecule has 1 aliphatic heterocycles. The zero-order valence-corrected chi connectivity index (χ0v) is 13.7. The standard InChI is InChI=1S/C17H17N3O3S/c21-17(19-13-4-2-1-3-5-13)12-6-9-15-16(10-12)24(22,23)18-11-20(15)14-7-8-14/h1-6,9-10,14,18H,7-8,11H2,(H,19,21). The van der Waals surface area contributed by atoms with Crippen LogP contribution in [0.15, 0.2) is 53.4 Å². The van der Waals surface area contributed by atoms with Crippen molar-refractivity contribution in [2.45, 2.75) is 23.8 Å².